The summed E-state index contributed by atoms with van der Waals surface area (Å²) in [5.41, 5.74) is 25.5. The van der Waals surface area contributed by atoms with Gasteiger partial charge in [0.2, 0.25) is 11.4 Å². The third-order valence-corrected chi connectivity index (χ3v) is 12.4. The van der Waals surface area contributed by atoms with Crippen LogP contribution in [0.3, 0.4) is 0 Å². The number of rotatable bonds is 30. The molecule has 0 fully saturated rings. The van der Waals surface area contributed by atoms with Crippen LogP contribution in [0.2, 0.25) is 10.8 Å². The predicted octanol–water partition coefficient (Wildman–Crippen LogP) is 17.7. The average Bonchev–Trinajstić information content (AvgIpc) is 3.48. The molecule has 0 amide bonds. The van der Waals surface area contributed by atoms with Gasteiger partial charge in [-0.25, -0.2) is 4.70 Å². The second kappa shape index (κ2) is 31.1. The number of unbranched alkanes of at least 4 members (excludes halogenated alkanes) is 12. The molecule has 0 radical (unpaired) electrons. The molecule has 0 spiro atoms. The van der Waals surface area contributed by atoms with Gasteiger partial charge in [-0.15, -0.1) is 0 Å². The molecule has 2 aromatic carbocycles. The van der Waals surface area contributed by atoms with E-state index in [0.29, 0.717) is 0 Å². The van der Waals surface area contributed by atoms with Crippen molar-refractivity contribution in [1.29, 1.82) is 0 Å². The molecule has 0 aromatic heterocycles. The fourth-order valence-corrected chi connectivity index (χ4v) is 9.02. The molecule has 314 valence electrons. The summed E-state index contributed by atoms with van der Waals surface area (Å²) in [6.45, 7) is 18.3. The van der Waals surface area contributed by atoms with Gasteiger partial charge in [-0.2, -0.15) is 0 Å². The van der Waals surface area contributed by atoms with Crippen LogP contribution in [-0.2, 0) is 40.1 Å². The molecule has 0 bridgehead atoms. The molecule has 1 heterocycles. The zero-order valence-corrected chi connectivity index (χ0v) is 38.5. The molecule has 1 aliphatic rings. The Hall–Kier alpha value is -1.99. The number of benzene rings is 2. The molecule has 55 heavy (non-hydrogen) atoms. The van der Waals surface area contributed by atoms with Crippen LogP contribution in [0.15, 0.2) is 47.5 Å². The monoisotopic (exact) mass is 797 g/mol. The Morgan fingerprint density at radius 3 is 1.04 bits per heavy atom. The first-order valence-corrected chi connectivity index (χ1v) is 25.0. The summed E-state index contributed by atoms with van der Waals surface area (Å²) in [4.78, 5) is 0. The van der Waals surface area contributed by atoms with Gasteiger partial charge in [0.1, 0.15) is 0 Å². The van der Waals surface area contributed by atoms with Crippen molar-refractivity contribution in [3.63, 3.8) is 0 Å². The molecule has 1 aliphatic heterocycles. The van der Waals surface area contributed by atoms with Gasteiger partial charge in [-0.3, -0.25) is 0 Å². The summed E-state index contributed by atoms with van der Waals surface area (Å²) in [6.07, 6.45) is 31.7. The molecular weight excluding hydrogens is 711 g/mol. The quantitative estimate of drug-likeness (QED) is 0.0427. The summed E-state index contributed by atoms with van der Waals surface area (Å²) in [7, 11) is 0. The Kier molecular flexibility index (Phi) is 27.8. The van der Waals surface area contributed by atoms with E-state index in [0.717, 1.165) is 62.8 Å². The summed E-state index contributed by atoms with van der Waals surface area (Å²) >= 11 is 1.94. The maximum atomic E-state index is 12.5. The molecule has 3 rings (SSSR count). The molecule has 2 nitrogen and oxygen atoms in total. The Bertz CT molecular complexity index is 1340. The van der Waals surface area contributed by atoms with Crippen molar-refractivity contribution in [3.8, 4) is 0 Å². The molecule has 2 aromatic rings. The minimum atomic E-state index is 1.03. The van der Waals surface area contributed by atoms with E-state index < -0.39 is 0 Å². The van der Waals surface area contributed by atoms with Gasteiger partial charge in [0.05, 0.1) is 0 Å². The number of hydrogen-bond donors (Lipinski definition) is 0. The van der Waals surface area contributed by atoms with Crippen molar-refractivity contribution < 1.29 is 19.1 Å². The fraction of sp³-hybridized carbons (Fsp3) is 0.692. The first kappa shape index (κ1) is 49.2. The Labute approximate surface area is 348 Å². The second-order valence-corrected chi connectivity index (χ2v) is 17.7. The molecule has 0 saturated heterocycles. The molecular formula is C52H86N2Ni. The fourth-order valence-electron chi connectivity index (χ4n) is 7.58. The summed E-state index contributed by atoms with van der Waals surface area (Å²) in [5, 5.41) is 2.78. The van der Waals surface area contributed by atoms with E-state index in [1.54, 1.807) is 4.70 Å². The van der Waals surface area contributed by atoms with Gasteiger partial charge in [-0.1, -0.05) is 118 Å². The standard InChI is InChI=1S/C44H68N2.2C4H9.Ni/c1-7-13-19-20-21-22-28-42-41(27-18-12-6)43(39-31-35(23-14-8-2)29-36(32-39)24-15-9-3)46(45)44(42)40-33-37(25-16-10-4)30-38(34-40)26-17-11-5;2*1-3-4-2;/h29-34H,7-28H2,1-6H3;2*1,3-4H2,2H3;. The van der Waals surface area contributed by atoms with Crippen molar-refractivity contribution >= 4 is 11.4 Å². The van der Waals surface area contributed by atoms with Crippen molar-refractivity contribution in [1.82, 2.24) is 0 Å². The molecule has 0 atom stereocenters. The average molecular weight is 798 g/mol. The minimum absolute atomic E-state index is 1.03. The van der Waals surface area contributed by atoms with Crippen LogP contribution in [0.5, 0.6) is 0 Å². The summed E-state index contributed by atoms with van der Waals surface area (Å²) in [5.74, 6) is 0. The molecule has 0 saturated carbocycles. The third-order valence-electron chi connectivity index (χ3n) is 11.0. The van der Waals surface area contributed by atoms with E-state index >= 15 is 0 Å². The molecule has 0 N–H and O–H groups in total. The topological polar surface area (TPSA) is 25.3 Å². The van der Waals surface area contributed by atoms with E-state index in [1.807, 2.05) is 14.4 Å². The van der Waals surface area contributed by atoms with Crippen molar-refractivity contribution in [2.45, 2.75) is 233 Å². The van der Waals surface area contributed by atoms with Crippen LogP contribution in [0.25, 0.3) is 16.9 Å². The van der Waals surface area contributed by atoms with Crippen molar-refractivity contribution in [2.75, 3.05) is 0 Å². The van der Waals surface area contributed by atoms with Gasteiger partial charge in [-0.05, 0) is 124 Å². The van der Waals surface area contributed by atoms with E-state index in [1.165, 1.54) is 171 Å². The van der Waals surface area contributed by atoms with Crippen molar-refractivity contribution in [2.24, 2.45) is 0 Å². The SMILES string of the molecule is CCCCCCCCC1=C(c2cc(CCCC)cc(CCCC)c2)[N+](=[N-])C(c2cc(CCCC)cc(CCCC)c2)=C1CCCC.CCC[CH2][Ni][CH2]CCC. The van der Waals surface area contributed by atoms with E-state index in [4.69, 9.17) is 0 Å². The van der Waals surface area contributed by atoms with Crippen LogP contribution in [-0.4, -0.2) is 4.70 Å². The predicted molar refractivity (Wildman–Crippen MR) is 242 cm³/mol. The summed E-state index contributed by atoms with van der Waals surface area (Å²) < 4.78 is 1.66. The van der Waals surface area contributed by atoms with Crippen LogP contribution in [0, 0.1) is 0 Å². The van der Waals surface area contributed by atoms with Crippen molar-refractivity contribution in [3.05, 3.63) is 86.5 Å². The van der Waals surface area contributed by atoms with E-state index in [9.17, 15) is 5.53 Å². The first-order chi connectivity index (χ1) is 26.9. The second-order valence-electron chi connectivity index (χ2n) is 16.3. The number of allylic oxidation sites excluding steroid dienone is 2. The third kappa shape index (κ3) is 18.4. The summed E-state index contributed by atoms with van der Waals surface area (Å²) in [6, 6.07) is 14.5. The number of aryl methyl sites for hydroxylation is 4. The van der Waals surface area contributed by atoms with E-state index in [2.05, 4.69) is 91.8 Å². The first-order valence-electron chi connectivity index (χ1n) is 23.6. The zero-order chi connectivity index (χ0) is 40.1. The Morgan fingerprint density at radius 1 is 0.364 bits per heavy atom. The van der Waals surface area contributed by atoms with Gasteiger partial charge in [0, 0.05) is 22.3 Å². The van der Waals surface area contributed by atoms with Crippen LogP contribution >= 0.6 is 0 Å². The Balaban J connectivity index is 0.00000103. The molecule has 3 heteroatoms. The maximum absolute atomic E-state index is 12.5. The molecule has 0 unspecified atom stereocenters. The normalized spacial score (nSPS) is 13.0. The van der Waals surface area contributed by atoms with Gasteiger partial charge >= 0.3 is 64.8 Å². The van der Waals surface area contributed by atoms with Crippen LogP contribution in [0.4, 0.5) is 0 Å². The van der Waals surface area contributed by atoms with Crippen LogP contribution < -0.4 is 0 Å². The Morgan fingerprint density at radius 2 is 0.673 bits per heavy atom. The zero-order valence-electron chi connectivity index (χ0n) is 37.5. The molecule has 0 aliphatic carbocycles. The van der Waals surface area contributed by atoms with Gasteiger partial charge < -0.3 is 5.53 Å². The van der Waals surface area contributed by atoms with Gasteiger partial charge in [0.15, 0.2) is 0 Å². The number of nitrogens with zero attached hydrogens (tertiary/aromatic N) is 2. The van der Waals surface area contributed by atoms with Crippen LogP contribution in [0.1, 0.15) is 230 Å². The van der Waals surface area contributed by atoms with E-state index in [-0.39, 0.29) is 0 Å². The van der Waals surface area contributed by atoms with Gasteiger partial charge in [0.25, 0.3) is 0 Å². The number of hydrogen-bond acceptors (Lipinski definition) is 0.